The van der Waals surface area contributed by atoms with Crippen molar-refractivity contribution < 1.29 is 24.0 Å². The molecule has 2 aromatic rings. The Morgan fingerprint density at radius 1 is 1.20 bits per heavy atom. The van der Waals surface area contributed by atoms with Gasteiger partial charge in [0.15, 0.2) is 12.9 Å². The smallest absolute Gasteiger partial charge is 0.270 e. The number of non-ortho nitro benzene ring substituents is 1. The highest BCUT2D eigenvalue weighted by atomic mass is 16.6. The molecule has 0 spiro atoms. The van der Waals surface area contributed by atoms with E-state index in [0.717, 1.165) is 6.07 Å². The maximum Gasteiger partial charge on any atom is 0.270 e. The third-order valence-corrected chi connectivity index (χ3v) is 3.15. The number of nitro groups is 1. The normalized spacial score (nSPS) is 9.96. The summed E-state index contributed by atoms with van der Waals surface area (Å²) in [6.07, 6.45) is 0.435. The van der Waals surface area contributed by atoms with Crippen LogP contribution in [-0.4, -0.2) is 30.3 Å². The van der Waals surface area contributed by atoms with Gasteiger partial charge in [0.05, 0.1) is 22.8 Å². The Bertz CT molecular complexity index is 790. The lowest BCUT2D eigenvalue weighted by atomic mass is 10.2. The summed E-state index contributed by atoms with van der Waals surface area (Å²) in [5.74, 6) is 0.165. The van der Waals surface area contributed by atoms with Crippen molar-refractivity contribution in [1.29, 1.82) is 0 Å². The minimum atomic E-state index is -0.617. The van der Waals surface area contributed by atoms with E-state index in [2.05, 4.69) is 5.32 Å². The van der Waals surface area contributed by atoms with Crippen molar-refractivity contribution in [3.05, 3.63) is 58.1 Å². The second-order valence-corrected chi connectivity index (χ2v) is 4.86. The Morgan fingerprint density at radius 2 is 1.96 bits per heavy atom. The van der Waals surface area contributed by atoms with Crippen LogP contribution in [0.3, 0.4) is 0 Å². The zero-order valence-corrected chi connectivity index (χ0v) is 13.4. The molecular formula is C17H16N2O6. The third-order valence-electron chi connectivity index (χ3n) is 3.15. The molecule has 0 aliphatic heterocycles. The molecule has 0 unspecified atom stereocenters. The summed E-state index contributed by atoms with van der Waals surface area (Å²) in [7, 11) is 0. The number of para-hydroxylation sites is 2. The third kappa shape index (κ3) is 4.77. The molecule has 0 aromatic heterocycles. The van der Waals surface area contributed by atoms with Crippen LogP contribution >= 0.6 is 0 Å². The lowest BCUT2D eigenvalue weighted by Crippen LogP contribution is -2.21. The van der Waals surface area contributed by atoms with Crippen molar-refractivity contribution in [2.24, 2.45) is 0 Å². The summed E-state index contributed by atoms with van der Waals surface area (Å²) in [6, 6.07) is 10.5. The number of carbonyl (C=O) groups is 2. The standard InChI is InChI=1S/C17H16N2O6/c1-2-24-16-6-4-3-5-14(16)18-17(21)11-25-15-8-7-13(19(22)23)9-12(15)10-20/h3-10H,2,11H2,1H3,(H,18,21). The van der Waals surface area contributed by atoms with Crippen molar-refractivity contribution >= 4 is 23.6 Å². The zero-order chi connectivity index (χ0) is 18.2. The molecule has 0 aliphatic rings. The van der Waals surface area contributed by atoms with Gasteiger partial charge < -0.3 is 14.8 Å². The number of nitrogens with zero attached hydrogens (tertiary/aromatic N) is 1. The number of amides is 1. The number of rotatable bonds is 8. The molecule has 0 fully saturated rings. The number of benzene rings is 2. The Labute approximate surface area is 143 Å². The van der Waals surface area contributed by atoms with Crippen LogP contribution in [0.1, 0.15) is 17.3 Å². The second kappa shape index (κ2) is 8.44. The summed E-state index contributed by atoms with van der Waals surface area (Å²) in [4.78, 5) is 33.2. The zero-order valence-electron chi connectivity index (χ0n) is 13.4. The number of ether oxygens (including phenoxy) is 2. The molecule has 0 atom stereocenters. The molecule has 1 amide bonds. The number of nitro benzene ring substituents is 1. The highest BCUT2D eigenvalue weighted by molar-refractivity contribution is 5.93. The number of hydrogen-bond acceptors (Lipinski definition) is 6. The lowest BCUT2D eigenvalue weighted by molar-refractivity contribution is -0.384. The Morgan fingerprint density at radius 3 is 2.64 bits per heavy atom. The molecule has 2 aromatic carbocycles. The van der Waals surface area contributed by atoms with Gasteiger partial charge in [0, 0.05) is 12.1 Å². The van der Waals surface area contributed by atoms with E-state index >= 15 is 0 Å². The Hall–Kier alpha value is -3.42. The van der Waals surface area contributed by atoms with Gasteiger partial charge in [-0.2, -0.15) is 0 Å². The molecule has 0 heterocycles. The summed E-state index contributed by atoms with van der Waals surface area (Å²) in [6.45, 7) is 1.92. The first-order valence-corrected chi connectivity index (χ1v) is 7.43. The van der Waals surface area contributed by atoms with E-state index < -0.39 is 10.8 Å². The van der Waals surface area contributed by atoms with Gasteiger partial charge in [-0.25, -0.2) is 0 Å². The van der Waals surface area contributed by atoms with E-state index in [1.165, 1.54) is 12.1 Å². The van der Waals surface area contributed by atoms with E-state index in [-0.39, 0.29) is 23.6 Å². The van der Waals surface area contributed by atoms with E-state index in [4.69, 9.17) is 9.47 Å². The van der Waals surface area contributed by atoms with Gasteiger partial charge in [0.1, 0.15) is 11.5 Å². The molecule has 1 N–H and O–H groups in total. The monoisotopic (exact) mass is 344 g/mol. The van der Waals surface area contributed by atoms with Crippen LogP contribution in [0.5, 0.6) is 11.5 Å². The molecule has 0 saturated carbocycles. The first-order valence-electron chi connectivity index (χ1n) is 7.43. The number of aldehydes is 1. The van der Waals surface area contributed by atoms with Crippen LogP contribution in [0.2, 0.25) is 0 Å². The van der Waals surface area contributed by atoms with E-state index in [0.29, 0.717) is 24.3 Å². The van der Waals surface area contributed by atoms with Gasteiger partial charge in [-0.3, -0.25) is 19.7 Å². The number of anilines is 1. The minimum absolute atomic E-state index is 0.00304. The highest BCUT2D eigenvalue weighted by Crippen LogP contribution is 2.24. The average Bonchev–Trinajstić information content (AvgIpc) is 2.61. The first-order chi connectivity index (χ1) is 12.0. The largest absolute Gasteiger partial charge is 0.492 e. The van der Waals surface area contributed by atoms with Crippen LogP contribution in [0, 0.1) is 10.1 Å². The number of hydrogen-bond donors (Lipinski definition) is 1. The van der Waals surface area contributed by atoms with Gasteiger partial charge in [-0.1, -0.05) is 12.1 Å². The minimum Gasteiger partial charge on any atom is -0.492 e. The van der Waals surface area contributed by atoms with Crippen molar-refractivity contribution in [2.75, 3.05) is 18.5 Å². The maximum absolute atomic E-state index is 12.0. The molecule has 0 saturated heterocycles. The second-order valence-electron chi connectivity index (χ2n) is 4.86. The van der Waals surface area contributed by atoms with Gasteiger partial charge in [-0.15, -0.1) is 0 Å². The van der Waals surface area contributed by atoms with Gasteiger partial charge in [0.25, 0.3) is 11.6 Å². The molecule has 0 radical (unpaired) electrons. The van der Waals surface area contributed by atoms with Crippen LogP contribution in [0.15, 0.2) is 42.5 Å². The van der Waals surface area contributed by atoms with Crippen molar-refractivity contribution in [3.8, 4) is 11.5 Å². The van der Waals surface area contributed by atoms with Crippen molar-refractivity contribution in [3.63, 3.8) is 0 Å². The van der Waals surface area contributed by atoms with Gasteiger partial charge >= 0.3 is 0 Å². The topological polar surface area (TPSA) is 108 Å². The molecule has 0 bridgehead atoms. The van der Waals surface area contributed by atoms with E-state index in [9.17, 15) is 19.7 Å². The maximum atomic E-state index is 12.0. The van der Waals surface area contributed by atoms with E-state index in [1.54, 1.807) is 24.3 Å². The van der Waals surface area contributed by atoms with Crippen molar-refractivity contribution in [2.45, 2.75) is 6.92 Å². The van der Waals surface area contributed by atoms with Crippen LogP contribution < -0.4 is 14.8 Å². The molecule has 0 aliphatic carbocycles. The quantitative estimate of drug-likeness (QED) is 0.448. The predicted octanol–water partition coefficient (Wildman–Crippen LogP) is 2.82. The highest BCUT2D eigenvalue weighted by Gasteiger charge is 2.13. The Balaban J connectivity index is 2.03. The molecule has 130 valence electrons. The summed E-state index contributed by atoms with van der Waals surface area (Å²) < 4.78 is 10.7. The fraction of sp³-hybridized carbons (Fsp3) is 0.176. The van der Waals surface area contributed by atoms with Crippen LogP contribution in [0.4, 0.5) is 11.4 Å². The summed E-state index contributed by atoms with van der Waals surface area (Å²) in [5, 5.41) is 13.4. The van der Waals surface area contributed by atoms with Crippen LogP contribution in [-0.2, 0) is 4.79 Å². The fourth-order valence-electron chi connectivity index (χ4n) is 2.05. The average molecular weight is 344 g/mol. The van der Waals surface area contributed by atoms with Crippen molar-refractivity contribution in [1.82, 2.24) is 0 Å². The summed E-state index contributed by atoms with van der Waals surface area (Å²) >= 11 is 0. The SMILES string of the molecule is CCOc1ccccc1NC(=O)COc1ccc([N+](=O)[O-])cc1C=O. The molecule has 25 heavy (non-hydrogen) atoms. The summed E-state index contributed by atoms with van der Waals surface area (Å²) in [5.41, 5.74) is 0.263. The molecular weight excluding hydrogens is 328 g/mol. The van der Waals surface area contributed by atoms with Gasteiger partial charge in [-0.05, 0) is 25.1 Å². The Kier molecular flexibility index (Phi) is 6.05. The fourth-order valence-corrected chi connectivity index (χ4v) is 2.05. The predicted molar refractivity (Wildman–Crippen MR) is 90.2 cm³/mol. The number of carbonyl (C=O) groups excluding carboxylic acids is 2. The first kappa shape index (κ1) is 17.9. The van der Waals surface area contributed by atoms with Gasteiger partial charge in [0.2, 0.25) is 0 Å². The molecule has 8 heteroatoms. The lowest BCUT2D eigenvalue weighted by Gasteiger charge is -2.12. The molecule has 2 rings (SSSR count). The number of nitrogens with one attached hydrogen (secondary N) is 1. The van der Waals surface area contributed by atoms with Crippen LogP contribution in [0.25, 0.3) is 0 Å². The van der Waals surface area contributed by atoms with E-state index in [1.807, 2.05) is 6.92 Å². The molecule has 8 nitrogen and oxygen atoms in total.